The molecule has 1 fully saturated rings. The number of likely N-dealkylation sites (tertiary alicyclic amines) is 1. The number of halogens is 5. The second-order valence-corrected chi connectivity index (χ2v) is 6.54. The van der Waals surface area contributed by atoms with Crippen molar-refractivity contribution in [1.82, 2.24) is 20.2 Å². The van der Waals surface area contributed by atoms with E-state index in [-0.39, 0.29) is 30.8 Å². The van der Waals surface area contributed by atoms with Crippen LogP contribution in [0.1, 0.15) is 17.7 Å². The van der Waals surface area contributed by atoms with Crippen LogP contribution in [0.25, 0.3) is 11.3 Å². The average Bonchev–Trinajstić information content (AvgIpc) is 3.08. The van der Waals surface area contributed by atoms with Gasteiger partial charge in [-0.25, -0.2) is 18.6 Å². The summed E-state index contributed by atoms with van der Waals surface area (Å²) in [5, 5.41) is 11.4. The Morgan fingerprint density at radius 2 is 1.97 bits per heavy atom. The fourth-order valence-corrected chi connectivity index (χ4v) is 3.06. The van der Waals surface area contributed by atoms with E-state index in [9.17, 15) is 31.5 Å². The largest absolute Gasteiger partial charge is 0.465 e. The molecule has 30 heavy (non-hydrogen) atoms. The fourth-order valence-electron chi connectivity index (χ4n) is 3.06. The van der Waals surface area contributed by atoms with Crippen molar-refractivity contribution in [2.45, 2.75) is 31.4 Å². The standard InChI is InChI=1S/C18H15F5N4O3/c19-11-2-1-9(5-10(11)13-7-25-14(8-24-13)18(21,22)23)6-26-16(28)15-12(20)3-4-27(15)17(29)30/h1-2,5,7-8,12,15H,3-4,6H2,(H,26,28)(H,29,30)/t12-,15-/m0/s1. The van der Waals surface area contributed by atoms with Gasteiger partial charge in [-0.2, -0.15) is 13.2 Å². The first kappa shape index (κ1) is 21.4. The second-order valence-electron chi connectivity index (χ2n) is 6.54. The Morgan fingerprint density at radius 3 is 2.57 bits per heavy atom. The molecule has 0 spiro atoms. The third-order valence-corrected chi connectivity index (χ3v) is 4.55. The van der Waals surface area contributed by atoms with Gasteiger partial charge in [0.1, 0.15) is 18.0 Å². The fraction of sp³-hybridized carbons (Fsp3) is 0.333. The molecule has 0 saturated carbocycles. The van der Waals surface area contributed by atoms with Crippen molar-refractivity contribution in [3.63, 3.8) is 0 Å². The van der Waals surface area contributed by atoms with Crippen LogP contribution in [0.15, 0.2) is 30.6 Å². The summed E-state index contributed by atoms with van der Waals surface area (Å²) in [6, 6.07) is 2.12. The number of rotatable bonds is 4. The smallest absolute Gasteiger partial charge is 0.434 e. The van der Waals surface area contributed by atoms with E-state index in [4.69, 9.17) is 5.11 Å². The highest BCUT2D eigenvalue weighted by Gasteiger charge is 2.42. The minimum absolute atomic E-state index is 0.0995. The highest BCUT2D eigenvalue weighted by atomic mass is 19.4. The molecule has 1 aromatic heterocycles. The number of benzene rings is 1. The van der Waals surface area contributed by atoms with Gasteiger partial charge >= 0.3 is 12.3 Å². The Kier molecular flexibility index (Phi) is 5.85. The molecule has 2 N–H and O–H groups in total. The highest BCUT2D eigenvalue weighted by molar-refractivity contribution is 5.86. The minimum Gasteiger partial charge on any atom is -0.465 e. The second kappa shape index (κ2) is 8.20. The van der Waals surface area contributed by atoms with E-state index < -0.39 is 41.9 Å². The molecule has 1 aliphatic heterocycles. The van der Waals surface area contributed by atoms with E-state index in [0.717, 1.165) is 12.3 Å². The lowest BCUT2D eigenvalue weighted by molar-refractivity contribution is -0.141. The van der Waals surface area contributed by atoms with Crippen LogP contribution in [0.5, 0.6) is 0 Å². The number of carbonyl (C=O) groups is 2. The number of aromatic nitrogens is 2. The highest BCUT2D eigenvalue weighted by Crippen LogP contribution is 2.28. The maximum absolute atomic E-state index is 14.1. The molecule has 2 amide bonds. The normalized spacial score (nSPS) is 19.0. The van der Waals surface area contributed by atoms with Crippen molar-refractivity contribution in [1.29, 1.82) is 0 Å². The summed E-state index contributed by atoms with van der Waals surface area (Å²) in [5.74, 6) is -1.61. The van der Waals surface area contributed by atoms with Crippen LogP contribution in [0.3, 0.4) is 0 Å². The first-order valence-electron chi connectivity index (χ1n) is 8.67. The first-order chi connectivity index (χ1) is 14.1. The molecule has 7 nitrogen and oxygen atoms in total. The predicted molar refractivity (Wildman–Crippen MR) is 92.3 cm³/mol. The van der Waals surface area contributed by atoms with Gasteiger partial charge in [0, 0.05) is 18.7 Å². The van der Waals surface area contributed by atoms with E-state index in [2.05, 4.69) is 15.3 Å². The van der Waals surface area contributed by atoms with Gasteiger partial charge < -0.3 is 10.4 Å². The molecule has 12 heteroatoms. The van der Waals surface area contributed by atoms with Gasteiger partial charge in [0.05, 0.1) is 18.1 Å². The van der Waals surface area contributed by atoms with E-state index in [1.54, 1.807) is 0 Å². The van der Waals surface area contributed by atoms with Crippen molar-refractivity contribution < 1.29 is 36.6 Å². The third kappa shape index (κ3) is 4.47. The Bertz CT molecular complexity index is 952. The lowest BCUT2D eigenvalue weighted by atomic mass is 10.1. The summed E-state index contributed by atoms with van der Waals surface area (Å²) in [6.45, 7) is -0.293. The molecule has 0 aliphatic carbocycles. The SMILES string of the molecule is O=C(NCc1ccc(F)c(-c2cnc(C(F)(F)F)cn2)c1)[C@@H]1[C@@H](F)CCN1C(=O)O. The molecule has 2 atom stereocenters. The molecule has 0 radical (unpaired) electrons. The number of amides is 2. The summed E-state index contributed by atoms with van der Waals surface area (Å²) in [6.07, 6.45) is -6.59. The molecule has 2 aromatic rings. The van der Waals surface area contributed by atoms with E-state index in [1.165, 1.54) is 12.1 Å². The van der Waals surface area contributed by atoms with Crippen molar-refractivity contribution in [3.05, 3.63) is 47.7 Å². The molecular weight excluding hydrogens is 415 g/mol. The molecule has 1 aromatic carbocycles. The van der Waals surface area contributed by atoms with Gasteiger partial charge in [0.25, 0.3) is 0 Å². The van der Waals surface area contributed by atoms with Gasteiger partial charge in [0.15, 0.2) is 5.69 Å². The molecule has 3 rings (SSSR count). The number of alkyl halides is 4. The Morgan fingerprint density at radius 1 is 1.23 bits per heavy atom. The predicted octanol–water partition coefficient (Wildman–Crippen LogP) is 3.01. The lowest BCUT2D eigenvalue weighted by Crippen LogP contribution is -2.48. The van der Waals surface area contributed by atoms with Crippen molar-refractivity contribution in [2.24, 2.45) is 0 Å². The first-order valence-corrected chi connectivity index (χ1v) is 8.67. The van der Waals surface area contributed by atoms with Gasteiger partial charge in [-0.15, -0.1) is 0 Å². The molecule has 1 aliphatic rings. The summed E-state index contributed by atoms with van der Waals surface area (Å²) < 4.78 is 65.8. The summed E-state index contributed by atoms with van der Waals surface area (Å²) in [4.78, 5) is 30.9. The average molecular weight is 430 g/mol. The van der Waals surface area contributed by atoms with Crippen LogP contribution in [0.2, 0.25) is 0 Å². The van der Waals surface area contributed by atoms with Crippen LogP contribution >= 0.6 is 0 Å². The lowest BCUT2D eigenvalue weighted by Gasteiger charge is -2.21. The summed E-state index contributed by atoms with van der Waals surface area (Å²) in [5.41, 5.74) is -1.17. The van der Waals surface area contributed by atoms with Crippen LogP contribution in [0.4, 0.5) is 26.7 Å². The monoisotopic (exact) mass is 430 g/mol. The molecule has 0 unspecified atom stereocenters. The number of hydrogen-bond acceptors (Lipinski definition) is 4. The van der Waals surface area contributed by atoms with E-state index in [1.807, 2.05) is 0 Å². The number of nitrogens with one attached hydrogen (secondary N) is 1. The van der Waals surface area contributed by atoms with Gasteiger partial charge in [-0.1, -0.05) is 6.07 Å². The Balaban J connectivity index is 1.74. The maximum Gasteiger partial charge on any atom is 0.434 e. The third-order valence-electron chi connectivity index (χ3n) is 4.55. The molecular formula is C18H15F5N4O3. The number of carbonyl (C=O) groups excluding carboxylic acids is 1. The van der Waals surface area contributed by atoms with Gasteiger partial charge in [0.2, 0.25) is 5.91 Å². The zero-order valence-electron chi connectivity index (χ0n) is 15.2. The van der Waals surface area contributed by atoms with Crippen molar-refractivity contribution in [3.8, 4) is 11.3 Å². The molecule has 1 saturated heterocycles. The van der Waals surface area contributed by atoms with Crippen molar-refractivity contribution >= 4 is 12.0 Å². The summed E-state index contributed by atoms with van der Waals surface area (Å²) >= 11 is 0. The summed E-state index contributed by atoms with van der Waals surface area (Å²) in [7, 11) is 0. The Labute approximate surface area is 166 Å². The molecule has 160 valence electrons. The molecule has 2 heterocycles. The zero-order valence-corrected chi connectivity index (χ0v) is 15.2. The topological polar surface area (TPSA) is 95.4 Å². The number of hydrogen-bond donors (Lipinski definition) is 2. The van der Waals surface area contributed by atoms with E-state index in [0.29, 0.717) is 16.7 Å². The maximum atomic E-state index is 14.1. The Hall–Kier alpha value is -3.31. The zero-order chi connectivity index (χ0) is 22.1. The number of carboxylic acid groups (broad SMARTS) is 1. The van der Waals surface area contributed by atoms with Gasteiger partial charge in [-0.05, 0) is 24.1 Å². The molecule has 0 bridgehead atoms. The van der Waals surface area contributed by atoms with Crippen LogP contribution in [-0.2, 0) is 17.5 Å². The van der Waals surface area contributed by atoms with Crippen LogP contribution in [0, 0.1) is 5.82 Å². The van der Waals surface area contributed by atoms with Crippen molar-refractivity contribution in [2.75, 3.05) is 6.54 Å². The van der Waals surface area contributed by atoms with Crippen LogP contribution in [-0.4, -0.2) is 50.7 Å². The minimum atomic E-state index is -4.69. The van der Waals surface area contributed by atoms with Gasteiger partial charge in [-0.3, -0.25) is 14.7 Å². The quantitative estimate of drug-likeness (QED) is 0.728. The van der Waals surface area contributed by atoms with E-state index >= 15 is 0 Å². The van der Waals surface area contributed by atoms with Crippen LogP contribution < -0.4 is 5.32 Å². The number of nitrogens with zero attached hydrogens (tertiary/aromatic N) is 3.